The third-order valence-electron chi connectivity index (χ3n) is 6.19. The van der Waals surface area contributed by atoms with E-state index in [0.29, 0.717) is 32.7 Å². The minimum atomic E-state index is -0.723. The summed E-state index contributed by atoms with van der Waals surface area (Å²) in [5, 5.41) is 0. The highest BCUT2D eigenvalue weighted by molar-refractivity contribution is 5.76. The second kappa shape index (κ2) is 8.17. The number of nitrogens with zero attached hydrogens (tertiary/aromatic N) is 1. The van der Waals surface area contributed by atoms with Crippen LogP contribution in [0, 0.1) is 5.41 Å². The zero-order valence-corrected chi connectivity index (χ0v) is 16.8. The summed E-state index contributed by atoms with van der Waals surface area (Å²) in [6, 6.07) is 7.52. The fourth-order valence-corrected chi connectivity index (χ4v) is 3.93. The molecule has 1 aromatic carbocycles. The fourth-order valence-electron chi connectivity index (χ4n) is 3.93. The van der Waals surface area contributed by atoms with E-state index in [1.807, 2.05) is 24.3 Å². The predicted molar refractivity (Wildman–Crippen MR) is 101 cm³/mol. The van der Waals surface area contributed by atoms with Gasteiger partial charge in [0.05, 0.1) is 34.0 Å². The van der Waals surface area contributed by atoms with Crippen molar-refractivity contribution in [3.8, 4) is 5.75 Å². The molecule has 0 amide bonds. The van der Waals surface area contributed by atoms with Crippen molar-refractivity contribution in [1.82, 2.24) is 4.90 Å². The van der Waals surface area contributed by atoms with Gasteiger partial charge in [-0.25, -0.2) is 0 Å². The summed E-state index contributed by atoms with van der Waals surface area (Å²) in [5.74, 6) is -0.148. The summed E-state index contributed by atoms with van der Waals surface area (Å²) < 4.78 is 22.8. The maximum absolute atomic E-state index is 12.4. The number of hydrogen-bond donors (Lipinski definition) is 0. The number of carbonyl (C=O) groups is 1. The van der Waals surface area contributed by atoms with E-state index in [1.165, 1.54) is 7.11 Å². The lowest BCUT2D eigenvalue weighted by Crippen LogP contribution is -2.50. The molecular formula is C21H31NO5. The minimum Gasteiger partial charge on any atom is -0.497 e. The van der Waals surface area contributed by atoms with Gasteiger partial charge in [-0.3, -0.25) is 9.69 Å². The molecule has 2 heterocycles. The van der Waals surface area contributed by atoms with Gasteiger partial charge in [0, 0.05) is 18.4 Å². The van der Waals surface area contributed by atoms with E-state index in [1.54, 1.807) is 7.11 Å². The van der Waals surface area contributed by atoms with Crippen LogP contribution in [0.3, 0.4) is 0 Å². The van der Waals surface area contributed by atoms with Gasteiger partial charge in [-0.05, 0) is 30.5 Å². The summed E-state index contributed by atoms with van der Waals surface area (Å²) in [7, 11) is 3.08. The van der Waals surface area contributed by atoms with Gasteiger partial charge in [0.2, 0.25) is 0 Å². The van der Waals surface area contributed by atoms with Crippen molar-refractivity contribution in [2.45, 2.75) is 51.5 Å². The number of methoxy groups -OCH3 is 2. The van der Waals surface area contributed by atoms with E-state index < -0.39 is 5.79 Å². The fraction of sp³-hybridized carbons (Fsp3) is 0.667. The molecule has 0 aliphatic carbocycles. The molecule has 1 spiro atoms. The number of likely N-dealkylation sites (tertiary alicyclic amines) is 1. The zero-order chi connectivity index (χ0) is 19.5. The van der Waals surface area contributed by atoms with E-state index >= 15 is 0 Å². The number of hydrogen-bond acceptors (Lipinski definition) is 6. The van der Waals surface area contributed by atoms with Gasteiger partial charge in [-0.15, -0.1) is 0 Å². The maximum atomic E-state index is 12.4. The molecule has 2 saturated heterocycles. The van der Waals surface area contributed by atoms with Gasteiger partial charge in [-0.1, -0.05) is 26.0 Å². The van der Waals surface area contributed by atoms with Crippen molar-refractivity contribution in [2.24, 2.45) is 5.41 Å². The highest BCUT2D eigenvalue weighted by atomic mass is 16.7. The van der Waals surface area contributed by atoms with Crippen LogP contribution in [0.25, 0.3) is 0 Å². The van der Waals surface area contributed by atoms with E-state index in [2.05, 4.69) is 18.7 Å². The lowest BCUT2D eigenvalue weighted by molar-refractivity contribution is -0.297. The molecule has 0 radical (unpaired) electrons. The minimum absolute atomic E-state index is 0.0788. The summed E-state index contributed by atoms with van der Waals surface area (Å²) in [4.78, 5) is 14.5. The van der Waals surface area contributed by atoms with Gasteiger partial charge in [0.1, 0.15) is 11.8 Å². The van der Waals surface area contributed by atoms with Crippen LogP contribution >= 0.6 is 0 Å². The van der Waals surface area contributed by atoms with Gasteiger partial charge >= 0.3 is 5.97 Å². The summed E-state index contributed by atoms with van der Waals surface area (Å²) in [5.41, 5.74) is 1.18. The van der Waals surface area contributed by atoms with Crippen LogP contribution in [0.15, 0.2) is 24.3 Å². The Morgan fingerprint density at radius 1 is 1.15 bits per heavy atom. The average Bonchev–Trinajstić information content (AvgIpc) is 3.07. The topological polar surface area (TPSA) is 57.2 Å². The number of carbonyl (C=O) groups excluding carboxylic acids is 1. The van der Waals surface area contributed by atoms with Gasteiger partial charge in [-0.2, -0.15) is 0 Å². The lowest BCUT2D eigenvalue weighted by Gasteiger charge is -2.44. The Kier molecular flexibility index (Phi) is 6.08. The second-order valence-corrected chi connectivity index (χ2v) is 7.69. The van der Waals surface area contributed by atoms with Gasteiger partial charge in [0.15, 0.2) is 5.79 Å². The van der Waals surface area contributed by atoms with Crippen molar-refractivity contribution in [3.05, 3.63) is 29.8 Å². The average molecular weight is 377 g/mol. The normalized spacial score (nSPS) is 24.1. The Bertz CT molecular complexity index is 630. The second-order valence-electron chi connectivity index (χ2n) is 7.69. The summed E-state index contributed by atoms with van der Waals surface area (Å²) in [6.45, 7) is 6.88. The first-order valence-electron chi connectivity index (χ1n) is 9.71. The van der Waals surface area contributed by atoms with E-state index in [4.69, 9.17) is 18.9 Å². The molecule has 2 fully saturated rings. The molecule has 0 saturated carbocycles. The zero-order valence-electron chi connectivity index (χ0n) is 16.8. The van der Waals surface area contributed by atoms with Gasteiger partial charge < -0.3 is 18.9 Å². The monoisotopic (exact) mass is 377 g/mol. The van der Waals surface area contributed by atoms with Crippen molar-refractivity contribution in [3.63, 3.8) is 0 Å². The van der Waals surface area contributed by atoms with Crippen LogP contribution in [-0.4, -0.2) is 56.7 Å². The van der Waals surface area contributed by atoms with Crippen molar-refractivity contribution in [1.29, 1.82) is 0 Å². The molecule has 0 aromatic heterocycles. The highest BCUT2D eigenvalue weighted by Gasteiger charge is 2.53. The first kappa shape index (κ1) is 20.1. The molecule has 150 valence electrons. The molecule has 1 aromatic rings. The van der Waals surface area contributed by atoms with Crippen LogP contribution in [0.2, 0.25) is 0 Å². The quantitative estimate of drug-likeness (QED) is 0.711. The molecule has 6 heteroatoms. The van der Waals surface area contributed by atoms with E-state index in [9.17, 15) is 4.79 Å². The van der Waals surface area contributed by atoms with Crippen LogP contribution in [0.4, 0.5) is 0 Å². The third kappa shape index (κ3) is 4.13. The molecule has 0 N–H and O–H groups in total. The highest BCUT2D eigenvalue weighted by Crippen LogP contribution is 2.42. The van der Waals surface area contributed by atoms with Crippen LogP contribution in [0.5, 0.6) is 5.75 Å². The molecule has 6 nitrogen and oxygen atoms in total. The summed E-state index contributed by atoms with van der Waals surface area (Å²) >= 11 is 0. The predicted octanol–water partition coefficient (Wildman–Crippen LogP) is 2.99. The first-order chi connectivity index (χ1) is 13.0. The van der Waals surface area contributed by atoms with Crippen molar-refractivity contribution < 1.29 is 23.7 Å². The van der Waals surface area contributed by atoms with Crippen LogP contribution in [-0.2, 0) is 25.5 Å². The van der Waals surface area contributed by atoms with E-state index in [-0.39, 0.29) is 17.4 Å². The van der Waals surface area contributed by atoms with Crippen molar-refractivity contribution >= 4 is 5.97 Å². The number of rotatable bonds is 6. The van der Waals surface area contributed by atoms with Crippen LogP contribution < -0.4 is 4.74 Å². The standard InChI is InChI=1S/C21H31NO5/c1-5-20(6-2)14-26-21(27-15-20)11-18(19(23)25-4)22(13-21)12-16-7-9-17(24-3)10-8-16/h7-10,18H,5-6,11-15H2,1-4H3/t18-/m1/s1. The first-order valence-corrected chi connectivity index (χ1v) is 9.71. The number of benzene rings is 1. The smallest absolute Gasteiger partial charge is 0.323 e. The Morgan fingerprint density at radius 3 is 2.30 bits per heavy atom. The molecule has 0 unspecified atom stereocenters. The largest absolute Gasteiger partial charge is 0.497 e. The number of esters is 1. The molecule has 3 rings (SSSR count). The molecule has 0 bridgehead atoms. The SMILES string of the molecule is CCC1(CC)COC2(C[C@H](C(=O)OC)N(Cc3ccc(OC)cc3)C2)OC1. The summed E-state index contributed by atoms with van der Waals surface area (Å²) in [6.07, 6.45) is 2.55. The molecule has 1 atom stereocenters. The molecular weight excluding hydrogens is 346 g/mol. The van der Waals surface area contributed by atoms with Crippen LogP contribution in [0.1, 0.15) is 38.7 Å². The van der Waals surface area contributed by atoms with Crippen molar-refractivity contribution in [2.75, 3.05) is 34.0 Å². The molecule has 2 aliphatic rings. The van der Waals surface area contributed by atoms with E-state index in [0.717, 1.165) is 24.2 Å². The Balaban J connectivity index is 1.74. The maximum Gasteiger partial charge on any atom is 0.323 e. The lowest BCUT2D eigenvalue weighted by atomic mass is 9.83. The Labute approximate surface area is 161 Å². The molecule has 27 heavy (non-hydrogen) atoms. The molecule has 2 aliphatic heterocycles. The Morgan fingerprint density at radius 2 is 1.78 bits per heavy atom. The third-order valence-corrected chi connectivity index (χ3v) is 6.19. The Hall–Kier alpha value is -1.63. The number of ether oxygens (including phenoxy) is 4. The van der Waals surface area contributed by atoms with Gasteiger partial charge in [0.25, 0.3) is 0 Å².